The topological polar surface area (TPSA) is 82.2 Å². The minimum atomic E-state index is -0.793. The van der Waals surface area contributed by atoms with Crippen LogP contribution in [0, 0.1) is 17.6 Å². The number of piperazine rings is 1. The molecule has 5 rings (SSSR count). The van der Waals surface area contributed by atoms with Crippen LogP contribution in [0.5, 0.6) is 0 Å². The van der Waals surface area contributed by atoms with Gasteiger partial charge in [-0.15, -0.1) is 0 Å². The molecule has 1 N–H and O–H groups in total. The molecule has 3 aromatic rings. The molecule has 1 aliphatic heterocycles. The first kappa shape index (κ1) is 19.7. The van der Waals surface area contributed by atoms with Crippen LogP contribution in [0.25, 0.3) is 22.0 Å². The molecule has 1 aliphatic carbocycles. The largest absolute Gasteiger partial charge is 0.333 e. The standard InChI is InChI=1S/C22H21F2N5O2/c23-16-3-4-17(24)19-15(16)9-18(27-21(19)30)14-10-25-20(26-11-14)22(31)29-7-5-28(6-8-29)12-13-1-2-13/h3-4,9-11,13H,1-2,5-8,12H2,(H,27,30). The van der Waals surface area contributed by atoms with Gasteiger partial charge in [0.15, 0.2) is 0 Å². The molecule has 0 spiro atoms. The number of amides is 1. The molecule has 7 nitrogen and oxygen atoms in total. The van der Waals surface area contributed by atoms with Crippen LogP contribution in [0.4, 0.5) is 8.78 Å². The first-order valence-electron chi connectivity index (χ1n) is 10.3. The number of nitrogens with zero attached hydrogens (tertiary/aromatic N) is 4. The van der Waals surface area contributed by atoms with Gasteiger partial charge in [-0.1, -0.05) is 0 Å². The maximum absolute atomic E-state index is 14.1. The van der Waals surface area contributed by atoms with Crippen LogP contribution in [-0.2, 0) is 0 Å². The van der Waals surface area contributed by atoms with Crippen molar-refractivity contribution in [2.45, 2.75) is 12.8 Å². The SMILES string of the molecule is O=C(c1ncc(-c2cc3c(F)ccc(F)c3c(=O)[nH]2)cn1)N1CCN(CC2CC2)CC1. The molecular weight excluding hydrogens is 404 g/mol. The van der Waals surface area contributed by atoms with Crippen LogP contribution in [0.1, 0.15) is 23.5 Å². The molecule has 2 aromatic heterocycles. The molecule has 160 valence electrons. The molecule has 0 atom stereocenters. The van der Waals surface area contributed by atoms with Crippen molar-refractivity contribution in [3.63, 3.8) is 0 Å². The number of aromatic amines is 1. The highest BCUT2D eigenvalue weighted by molar-refractivity contribution is 5.91. The molecule has 2 fully saturated rings. The smallest absolute Gasteiger partial charge is 0.291 e. The fourth-order valence-corrected chi connectivity index (χ4v) is 3.98. The first-order chi connectivity index (χ1) is 15.0. The monoisotopic (exact) mass is 425 g/mol. The van der Waals surface area contributed by atoms with Gasteiger partial charge in [0, 0.05) is 56.1 Å². The quantitative estimate of drug-likeness (QED) is 0.694. The van der Waals surface area contributed by atoms with Crippen molar-refractivity contribution in [2.24, 2.45) is 5.92 Å². The van der Waals surface area contributed by atoms with E-state index in [1.54, 1.807) is 4.90 Å². The highest BCUT2D eigenvalue weighted by atomic mass is 19.1. The van der Waals surface area contributed by atoms with Gasteiger partial charge in [0.05, 0.1) is 11.1 Å². The van der Waals surface area contributed by atoms with E-state index in [0.717, 1.165) is 37.7 Å². The lowest BCUT2D eigenvalue weighted by Gasteiger charge is -2.34. The summed E-state index contributed by atoms with van der Waals surface area (Å²) in [7, 11) is 0. The van der Waals surface area contributed by atoms with Crippen molar-refractivity contribution < 1.29 is 13.6 Å². The zero-order valence-electron chi connectivity index (χ0n) is 16.8. The van der Waals surface area contributed by atoms with Crippen LogP contribution in [-0.4, -0.2) is 63.4 Å². The molecule has 0 radical (unpaired) electrons. The number of hydrogen-bond acceptors (Lipinski definition) is 5. The number of carbonyl (C=O) groups is 1. The third-order valence-electron chi connectivity index (χ3n) is 5.93. The number of H-pyrrole nitrogens is 1. The number of hydrogen-bond donors (Lipinski definition) is 1. The van der Waals surface area contributed by atoms with Crippen molar-refractivity contribution in [3.8, 4) is 11.3 Å². The van der Waals surface area contributed by atoms with Gasteiger partial charge in [0.25, 0.3) is 11.5 Å². The van der Waals surface area contributed by atoms with Gasteiger partial charge < -0.3 is 9.88 Å². The van der Waals surface area contributed by atoms with E-state index in [2.05, 4.69) is 19.9 Å². The second-order valence-corrected chi connectivity index (χ2v) is 8.16. The van der Waals surface area contributed by atoms with E-state index in [0.29, 0.717) is 18.7 Å². The van der Waals surface area contributed by atoms with Crippen LogP contribution in [0.15, 0.2) is 35.4 Å². The lowest BCUT2D eigenvalue weighted by Crippen LogP contribution is -2.49. The Balaban J connectivity index is 1.34. The average molecular weight is 425 g/mol. The predicted octanol–water partition coefficient (Wildman–Crippen LogP) is 2.43. The third kappa shape index (κ3) is 3.93. The summed E-state index contributed by atoms with van der Waals surface area (Å²) < 4.78 is 28.0. The van der Waals surface area contributed by atoms with E-state index in [-0.39, 0.29) is 28.2 Å². The molecule has 0 unspecified atom stereocenters. The molecule has 1 saturated carbocycles. The predicted molar refractivity (Wildman–Crippen MR) is 111 cm³/mol. The fraction of sp³-hybridized carbons (Fsp3) is 0.364. The molecule has 2 aliphatic rings. The Bertz CT molecular complexity index is 1200. The average Bonchev–Trinajstić information content (AvgIpc) is 3.60. The minimum Gasteiger partial charge on any atom is -0.333 e. The van der Waals surface area contributed by atoms with E-state index < -0.39 is 17.2 Å². The van der Waals surface area contributed by atoms with Gasteiger partial charge in [-0.2, -0.15) is 0 Å². The van der Waals surface area contributed by atoms with E-state index >= 15 is 0 Å². The van der Waals surface area contributed by atoms with Crippen molar-refractivity contribution >= 4 is 16.7 Å². The first-order valence-corrected chi connectivity index (χ1v) is 10.3. The number of rotatable bonds is 4. The number of pyridine rings is 1. The normalized spacial score (nSPS) is 17.3. The number of halogens is 2. The molecule has 1 saturated heterocycles. The third-order valence-corrected chi connectivity index (χ3v) is 5.93. The molecule has 1 aromatic carbocycles. The summed E-state index contributed by atoms with van der Waals surface area (Å²) in [5, 5.41) is -0.458. The second kappa shape index (κ2) is 7.81. The summed E-state index contributed by atoms with van der Waals surface area (Å²) in [6.07, 6.45) is 5.42. The molecule has 31 heavy (non-hydrogen) atoms. The molecule has 0 bridgehead atoms. The lowest BCUT2D eigenvalue weighted by atomic mass is 10.1. The Morgan fingerprint density at radius 2 is 1.74 bits per heavy atom. The molecule has 1 amide bonds. The number of aromatic nitrogens is 3. The molecule has 3 heterocycles. The van der Waals surface area contributed by atoms with Gasteiger partial charge in [0.2, 0.25) is 5.82 Å². The van der Waals surface area contributed by atoms with Gasteiger partial charge in [-0.25, -0.2) is 18.7 Å². The van der Waals surface area contributed by atoms with E-state index in [4.69, 9.17) is 0 Å². The van der Waals surface area contributed by atoms with Crippen molar-refractivity contribution in [1.82, 2.24) is 24.8 Å². The summed E-state index contributed by atoms with van der Waals surface area (Å²) >= 11 is 0. The fourth-order valence-electron chi connectivity index (χ4n) is 3.98. The molecule has 9 heteroatoms. The maximum Gasteiger partial charge on any atom is 0.291 e. The number of carbonyl (C=O) groups excluding carboxylic acids is 1. The Morgan fingerprint density at radius 1 is 1.06 bits per heavy atom. The summed E-state index contributed by atoms with van der Waals surface area (Å²) in [5.74, 6) is -0.835. The Labute approximate surface area is 176 Å². The van der Waals surface area contributed by atoms with Gasteiger partial charge in [-0.3, -0.25) is 14.5 Å². The highest BCUT2D eigenvalue weighted by Gasteiger charge is 2.28. The van der Waals surface area contributed by atoms with Crippen molar-refractivity contribution in [2.75, 3.05) is 32.7 Å². The van der Waals surface area contributed by atoms with Gasteiger partial charge >= 0.3 is 0 Å². The number of fused-ring (bicyclic) bond motifs is 1. The zero-order chi connectivity index (χ0) is 21.5. The van der Waals surface area contributed by atoms with Gasteiger partial charge in [-0.05, 0) is 37.0 Å². The minimum absolute atomic E-state index is 0.0692. The Morgan fingerprint density at radius 3 is 2.42 bits per heavy atom. The summed E-state index contributed by atoms with van der Waals surface area (Å²) in [6, 6.07) is 3.24. The molecular formula is C22H21F2N5O2. The van der Waals surface area contributed by atoms with E-state index in [1.165, 1.54) is 31.3 Å². The maximum atomic E-state index is 14.1. The van der Waals surface area contributed by atoms with Crippen LogP contribution in [0.2, 0.25) is 0 Å². The number of benzene rings is 1. The van der Waals surface area contributed by atoms with Crippen LogP contribution in [0.3, 0.4) is 0 Å². The highest BCUT2D eigenvalue weighted by Crippen LogP contribution is 2.30. The number of nitrogens with one attached hydrogen (secondary N) is 1. The summed E-state index contributed by atoms with van der Waals surface area (Å²) in [4.78, 5) is 40.0. The van der Waals surface area contributed by atoms with Crippen LogP contribution < -0.4 is 5.56 Å². The van der Waals surface area contributed by atoms with Crippen molar-refractivity contribution in [3.05, 3.63) is 58.4 Å². The van der Waals surface area contributed by atoms with E-state index in [9.17, 15) is 18.4 Å². The lowest BCUT2D eigenvalue weighted by molar-refractivity contribution is 0.0620. The van der Waals surface area contributed by atoms with Crippen molar-refractivity contribution in [1.29, 1.82) is 0 Å². The summed E-state index contributed by atoms with van der Waals surface area (Å²) in [6.45, 7) is 4.09. The van der Waals surface area contributed by atoms with Gasteiger partial charge in [0.1, 0.15) is 11.6 Å². The second-order valence-electron chi connectivity index (χ2n) is 8.16. The summed E-state index contributed by atoms with van der Waals surface area (Å²) in [5.41, 5.74) is -0.100. The zero-order valence-corrected chi connectivity index (χ0v) is 16.8. The Hall–Kier alpha value is -3.20. The Kier molecular flexibility index (Phi) is 4.97. The van der Waals surface area contributed by atoms with E-state index in [1.807, 2.05) is 0 Å². The van der Waals surface area contributed by atoms with Crippen LogP contribution >= 0.6 is 0 Å².